The lowest BCUT2D eigenvalue weighted by Crippen LogP contribution is -1.92. The minimum absolute atomic E-state index is 0.258. The molecule has 1 atom stereocenters. The van der Waals surface area contributed by atoms with Crippen LogP contribution in [0.2, 0.25) is 0 Å². The summed E-state index contributed by atoms with van der Waals surface area (Å²) in [6.07, 6.45) is 0.545. The van der Waals surface area contributed by atoms with Crippen molar-refractivity contribution in [3.05, 3.63) is 19.9 Å². The van der Waals surface area contributed by atoms with Gasteiger partial charge in [-0.05, 0) is 40.5 Å². The molecule has 0 aliphatic rings. The van der Waals surface area contributed by atoms with E-state index in [9.17, 15) is 5.11 Å². The monoisotopic (exact) mass is 268 g/mol. The highest BCUT2D eigenvalue weighted by Gasteiger charge is 2.09. The Balaban J connectivity index is 2.82. The van der Waals surface area contributed by atoms with Crippen molar-refractivity contribution in [2.75, 3.05) is 0 Å². The highest BCUT2D eigenvalue weighted by atomic mass is 127. The van der Waals surface area contributed by atoms with Gasteiger partial charge in [-0.3, -0.25) is 0 Å². The van der Waals surface area contributed by atoms with Crippen LogP contribution in [-0.4, -0.2) is 5.11 Å². The summed E-state index contributed by atoms with van der Waals surface area (Å²) in [4.78, 5) is 1.10. The van der Waals surface area contributed by atoms with E-state index in [-0.39, 0.29) is 6.10 Å². The highest BCUT2D eigenvalue weighted by molar-refractivity contribution is 14.1. The minimum atomic E-state index is -0.258. The third-order valence-electron chi connectivity index (χ3n) is 1.33. The molecule has 10 heavy (non-hydrogen) atoms. The highest BCUT2D eigenvalue weighted by Crippen LogP contribution is 2.27. The van der Waals surface area contributed by atoms with Crippen molar-refractivity contribution >= 4 is 33.9 Å². The lowest BCUT2D eigenvalue weighted by Gasteiger charge is -2.03. The summed E-state index contributed by atoms with van der Waals surface area (Å²) in [5, 5.41) is 11.4. The molecule has 0 aromatic carbocycles. The fraction of sp³-hybridized carbons (Fsp3) is 0.429. The van der Waals surface area contributed by atoms with E-state index in [0.717, 1.165) is 11.3 Å². The van der Waals surface area contributed by atoms with Gasteiger partial charge in [0.05, 0.1) is 6.10 Å². The number of hydrogen-bond acceptors (Lipinski definition) is 2. The molecule has 1 aromatic heterocycles. The van der Waals surface area contributed by atoms with Gasteiger partial charge in [-0.15, -0.1) is 11.3 Å². The first-order valence-electron chi connectivity index (χ1n) is 3.16. The Morgan fingerprint density at radius 2 is 2.50 bits per heavy atom. The first-order chi connectivity index (χ1) is 4.75. The molecule has 3 heteroatoms. The lowest BCUT2D eigenvalue weighted by atomic mass is 10.2. The SMILES string of the molecule is CCC(O)c1sccc1I. The molecule has 1 rings (SSSR count). The Morgan fingerprint density at radius 3 is 2.90 bits per heavy atom. The minimum Gasteiger partial charge on any atom is -0.388 e. The molecule has 1 unspecified atom stereocenters. The normalized spacial score (nSPS) is 13.5. The van der Waals surface area contributed by atoms with Crippen LogP contribution >= 0.6 is 33.9 Å². The molecule has 0 aliphatic carbocycles. The number of aliphatic hydroxyl groups excluding tert-OH is 1. The molecular weight excluding hydrogens is 259 g/mol. The van der Waals surface area contributed by atoms with Gasteiger partial charge in [-0.1, -0.05) is 6.92 Å². The third-order valence-corrected chi connectivity index (χ3v) is 3.66. The summed E-state index contributed by atoms with van der Waals surface area (Å²) < 4.78 is 1.18. The molecule has 1 nitrogen and oxygen atoms in total. The first kappa shape index (κ1) is 8.49. The molecule has 0 bridgehead atoms. The van der Waals surface area contributed by atoms with E-state index in [4.69, 9.17) is 0 Å². The van der Waals surface area contributed by atoms with Gasteiger partial charge in [0, 0.05) is 8.45 Å². The largest absolute Gasteiger partial charge is 0.388 e. The van der Waals surface area contributed by atoms with Gasteiger partial charge in [0.25, 0.3) is 0 Å². The van der Waals surface area contributed by atoms with Crippen molar-refractivity contribution in [3.8, 4) is 0 Å². The molecule has 0 saturated heterocycles. The predicted octanol–water partition coefficient (Wildman–Crippen LogP) is 2.80. The van der Waals surface area contributed by atoms with E-state index < -0.39 is 0 Å². The number of hydrogen-bond donors (Lipinski definition) is 1. The zero-order chi connectivity index (χ0) is 7.56. The maximum Gasteiger partial charge on any atom is 0.0890 e. The van der Waals surface area contributed by atoms with Gasteiger partial charge in [-0.25, -0.2) is 0 Å². The fourth-order valence-electron chi connectivity index (χ4n) is 0.729. The van der Waals surface area contributed by atoms with Crippen LogP contribution in [0.1, 0.15) is 24.3 Å². The number of halogens is 1. The van der Waals surface area contributed by atoms with Gasteiger partial charge in [0.1, 0.15) is 0 Å². The quantitative estimate of drug-likeness (QED) is 0.818. The summed E-state index contributed by atoms with van der Waals surface area (Å²) in [5.41, 5.74) is 0. The molecule has 0 radical (unpaired) electrons. The summed E-state index contributed by atoms with van der Waals surface area (Å²) in [6.45, 7) is 1.99. The number of rotatable bonds is 2. The molecule has 1 aromatic rings. The Hall–Kier alpha value is 0.390. The van der Waals surface area contributed by atoms with E-state index in [2.05, 4.69) is 22.6 Å². The van der Waals surface area contributed by atoms with Crippen molar-refractivity contribution in [2.24, 2.45) is 0 Å². The molecule has 56 valence electrons. The topological polar surface area (TPSA) is 20.2 Å². The Kier molecular flexibility index (Phi) is 3.13. The fourth-order valence-corrected chi connectivity index (χ4v) is 2.75. The standard InChI is InChI=1S/C7H9IOS/c1-2-6(9)7-5(8)3-4-10-7/h3-4,6,9H,2H2,1H3. The smallest absolute Gasteiger partial charge is 0.0890 e. The summed E-state index contributed by atoms with van der Waals surface area (Å²) in [5.74, 6) is 0. The second-order valence-electron chi connectivity index (χ2n) is 2.06. The molecule has 1 N–H and O–H groups in total. The molecule has 0 spiro atoms. The second-order valence-corrected chi connectivity index (χ2v) is 4.17. The van der Waals surface area contributed by atoms with E-state index >= 15 is 0 Å². The van der Waals surface area contributed by atoms with E-state index in [1.807, 2.05) is 18.4 Å². The maximum atomic E-state index is 9.40. The van der Waals surface area contributed by atoms with Crippen LogP contribution in [0.4, 0.5) is 0 Å². The van der Waals surface area contributed by atoms with Gasteiger partial charge in [-0.2, -0.15) is 0 Å². The predicted molar refractivity (Wildman–Crippen MR) is 52.3 cm³/mol. The van der Waals surface area contributed by atoms with E-state index in [1.54, 1.807) is 11.3 Å². The number of thiophene rings is 1. The van der Waals surface area contributed by atoms with Crippen LogP contribution in [0, 0.1) is 3.57 Å². The van der Waals surface area contributed by atoms with Gasteiger partial charge in [0.2, 0.25) is 0 Å². The van der Waals surface area contributed by atoms with Crippen molar-refractivity contribution in [1.29, 1.82) is 0 Å². The van der Waals surface area contributed by atoms with Crippen LogP contribution in [0.25, 0.3) is 0 Å². The summed E-state index contributed by atoms with van der Waals surface area (Å²) in [6, 6.07) is 2.03. The van der Waals surface area contributed by atoms with Crippen molar-refractivity contribution in [1.82, 2.24) is 0 Å². The average Bonchev–Trinajstić information content (AvgIpc) is 2.34. The van der Waals surface area contributed by atoms with Crippen LogP contribution in [0.5, 0.6) is 0 Å². The second kappa shape index (κ2) is 3.69. The molecule has 0 fully saturated rings. The Labute approximate surface area is 78.2 Å². The summed E-state index contributed by atoms with van der Waals surface area (Å²) in [7, 11) is 0. The van der Waals surface area contributed by atoms with Gasteiger partial charge in [0.15, 0.2) is 0 Å². The van der Waals surface area contributed by atoms with Crippen LogP contribution in [0.15, 0.2) is 11.4 Å². The average molecular weight is 268 g/mol. The van der Waals surface area contributed by atoms with Crippen molar-refractivity contribution in [2.45, 2.75) is 19.4 Å². The van der Waals surface area contributed by atoms with Crippen LogP contribution < -0.4 is 0 Å². The lowest BCUT2D eigenvalue weighted by molar-refractivity contribution is 0.177. The van der Waals surface area contributed by atoms with Gasteiger partial charge >= 0.3 is 0 Å². The zero-order valence-corrected chi connectivity index (χ0v) is 8.65. The molecule has 0 saturated carbocycles. The maximum absolute atomic E-state index is 9.40. The molecule has 1 heterocycles. The van der Waals surface area contributed by atoms with E-state index in [1.165, 1.54) is 3.57 Å². The third kappa shape index (κ3) is 1.71. The zero-order valence-electron chi connectivity index (χ0n) is 5.67. The van der Waals surface area contributed by atoms with Crippen molar-refractivity contribution < 1.29 is 5.11 Å². The van der Waals surface area contributed by atoms with Crippen LogP contribution in [0.3, 0.4) is 0 Å². The molecular formula is C7H9IOS. The van der Waals surface area contributed by atoms with Gasteiger partial charge < -0.3 is 5.11 Å². The summed E-state index contributed by atoms with van der Waals surface area (Å²) >= 11 is 3.87. The Morgan fingerprint density at radius 1 is 1.80 bits per heavy atom. The molecule has 0 aliphatic heterocycles. The van der Waals surface area contributed by atoms with Crippen LogP contribution in [-0.2, 0) is 0 Å². The first-order valence-corrected chi connectivity index (χ1v) is 5.12. The number of aliphatic hydroxyl groups is 1. The molecule has 0 amide bonds. The van der Waals surface area contributed by atoms with E-state index in [0.29, 0.717) is 0 Å². The Bertz CT molecular complexity index is 209. The van der Waals surface area contributed by atoms with Crippen molar-refractivity contribution in [3.63, 3.8) is 0 Å².